The van der Waals surface area contributed by atoms with E-state index in [1.165, 1.54) is 4.57 Å². The van der Waals surface area contributed by atoms with Crippen LogP contribution < -0.4 is 10.9 Å². The Kier molecular flexibility index (Phi) is 6.16. The Bertz CT molecular complexity index is 1400. The van der Waals surface area contributed by atoms with Crippen LogP contribution in [0, 0.1) is 27.7 Å². The van der Waals surface area contributed by atoms with Crippen molar-refractivity contribution < 1.29 is 9.32 Å². The SMILES string of the molecule is Cc1ccc(C)c(NC(=O)Cn2c(C)cc(C)c(-c3nc(-c4ccc(Cl)cc4)no3)c2=O)c1. The van der Waals surface area contributed by atoms with Gasteiger partial charge in [0.05, 0.1) is 0 Å². The van der Waals surface area contributed by atoms with Gasteiger partial charge >= 0.3 is 0 Å². The molecule has 0 radical (unpaired) electrons. The third-order valence-corrected chi connectivity index (χ3v) is 5.67. The van der Waals surface area contributed by atoms with E-state index in [1.807, 2.05) is 38.1 Å². The summed E-state index contributed by atoms with van der Waals surface area (Å²) in [6.07, 6.45) is 0. The van der Waals surface area contributed by atoms with Gasteiger partial charge in [-0.1, -0.05) is 28.9 Å². The van der Waals surface area contributed by atoms with Crippen LogP contribution in [-0.4, -0.2) is 20.6 Å². The van der Waals surface area contributed by atoms with Crippen LogP contribution in [0.15, 0.2) is 57.8 Å². The Morgan fingerprint density at radius 2 is 1.76 bits per heavy atom. The molecule has 0 atom stereocenters. The Labute approximate surface area is 196 Å². The maximum atomic E-state index is 13.3. The molecule has 0 unspecified atom stereocenters. The lowest BCUT2D eigenvalue weighted by Crippen LogP contribution is -2.30. The third kappa shape index (κ3) is 4.73. The number of benzene rings is 2. The molecule has 0 saturated carbocycles. The van der Waals surface area contributed by atoms with Crippen LogP contribution in [0.5, 0.6) is 0 Å². The zero-order valence-electron chi connectivity index (χ0n) is 18.8. The maximum absolute atomic E-state index is 13.3. The smallest absolute Gasteiger partial charge is 0.264 e. The second-order valence-electron chi connectivity index (χ2n) is 8.03. The molecular formula is C25H23ClN4O3. The van der Waals surface area contributed by atoms with Gasteiger partial charge in [0.1, 0.15) is 12.1 Å². The summed E-state index contributed by atoms with van der Waals surface area (Å²) in [5.74, 6) is 0.155. The van der Waals surface area contributed by atoms with E-state index >= 15 is 0 Å². The number of aromatic nitrogens is 3. The van der Waals surface area contributed by atoms with Crippen LogP contribution in [0.4, 0.5) is 5.69 Å². The lowest BCUT2D eigenvalue weighted by atomic mass is 10.1. The van der Waals surface area contributed by atoms with Crippen LogP contribution >= 0.6 is 11.6 Å². The molecule has 0 fully saturated rings. The predicted octanol–water partition coefficient (Wildman–Crippen LogP) is 5.09. The lowest BCUT2D eigenvalue weighted by Gasteiger charge is -2.14. The first-order chi connectivity index (χ1) is 15.7. The number of aryl methyl sites for hydroxylation is 4. The third-order valence-electron chi connectivity index (χ3n) is 5.42. The van der Waals surface area contributed by atoms with Gasteiger partial charge in [0.25, 0.3) is 11.4 Å². The molecule has 0 aliphatic heterocycles. The molecule has 0 aliphatic rings. The lowest BCUT2D eigenvalue weighted by molar-refractivity contribution is -0.116. The van der Waals surface area contributed by atoms with Gasteiger partial charge in [-0.2, -0.15) is 4.98 Å². The summed E-state index contributed by atoms with van der Waals surface area (Å²) < 4.78 is 6.83. The van der Waals surface area contributed by atoms with Gasteiger partial charge < -0.3 is 14.4 Å². The van der Waals surface area contributed by atoms with Crippen molar-refractivity contribution in [1.29, 1.82) is 0 Å². The second-order valence-corrected chi connectivity index (χ2v) is 8.47. The molecule has 4 aromatic rings. The first kappa shape index (κ1) is 22.5. The number of carbonyl (C=O) groups excluding carboxylic acids is 1. The van der Waals surface area contributed by atoms with Crippen molar-refractivity contribution in [3.05, 3.63) is 86.3 Å². The van der Waals surface area contributed by atoms with E-state index < -0.39 is 0 Å². The topological polar surface area (TPSA) is 90.0 Å². The Balaban J connectivity index is 1.65. The number of hydrogen-bond acceptors (Lipinski definition) is 5. The zero-order chi connectivity index (χ0) is 23.7. The fourth-order valence-corrected chi connectivity index (χ4v) is 3.75. The molecule has 2 aromatic carbocycles. The van der Waals surface area contributed by atoms with E-state index in [0.29, 0.717) is 27.7 Å². The van der Waals surface area contributed by atoms with E-state index in [1.54, 1.807) is 38.1 Å². The highest BCUT2D eigenvalue weighted by atomic mass is 35.5. The van der Waals surface area contributed by atoms with Crippen molar-refractivity contribution in [1.82, 2.24) is 14.7 Å². The van der Waals surface area contributed by atoms with Crippen LogP contribution in [0.3, 0.4) is 0 Å². The van der Waals surface area contributed by atoms with Crippen molar-refractivity contribution in [3.63, 3.8) is 0 Å². The minimum absolute atomic E-state index is 0.103. The standard InChI is InChI=1S/C25H23ClN4O3/c1-14-5-6-15(2)20(11-14)27-21(31)13-30-17(4)12-16(3)22(25(30)32)24-28-23(29-33-24)18-7-9-19(26)10-8-18/h5-12H,13H2,1-4H3,(H,27,31). The molecule has 0 aliphatic carbocycles. The van der Waals surface area contributed by atoms with Gasteiger partial charge in [-0.25, -0.2) is 0 Å². The van der Waals surface area contributed by atoms with Gasteiger partial charge in [-0.3, -0.25) is 9.59 Å². The highest BCUT2D eigenvalue weighted by molar-refractivity contribution is 6.30. The summed E-state index contributed by atoms with van der Waals surface area (Å²) in [5, 5.41) is 7.50. The van der Waals surface area contributed by atoms with Crippen LogP contribution in [0.2, 0.25) is 5.02 Å². The molecule has 2 heterocycles. The van der Waals surface area contributed by atoms with Crippen molar-refractivity contribution in [2.24, 2.45) is 0 Å². The molecule has 0 bridgehead atoms. The average molecular weight is 463 g/mol. The molecule has 1 amide bonds. The monoisotopic (exact) mass is 462 g/mol. The zero-order valence-corrected chi connectivity index (χ0v) is 19.5. The first-order valence-corrected chi connectivity index (χ1v) is 10.8. The molecule has 0 saturated heterocycles. The van der Waals surface area contributed by atoms with Crippen LogP contribution in [-0.2, 0) is 11.3 Å². The molecule has 4 rings (SSSR count). The molecule has 1 N–H and O–H groups in total. The quantitative estimate of drug-likeness (QED) is 0.446. The summed E-state index contributed by atoms with van der Waals surface area (Å²) in [4.78, 5) is 30.5. The van der Waals surface area contributed by atoms with Crippen LogP contribution in [0.25, 0.3) is 22.8 Å². The minimum atomic E-state index is -0.366. The van der Waals surface area contributed by atoms with E-state index in [4.69, 9.17) is 16.1 Å². The van der Waals surface area contributed by atoms with Crippen LogP contribution in [0.1, 0.15) is 22.4 Å². The number of rotatable bonds is 5. The number of nitrogens with zero attached hydrogens (tertiary/aromatic N) is 3. The van der Waals surface area contributed by atoms with E-state index in [0.717, 1.165) is 16.8 Å². The second kappa shape index (κ2) is 9.03. The Hall–Kier alpha value is -3.71. The van der Waals surface area contributed by atoms with E-state index in [-0.39, 0.29) is 29.5 Å². The molecular weight excluding hydrogens is 440 g/mol. The van der Waals surface area contributed by atoms with E-state index in [2.05, 4.69) is 15.5 Å². The highest BCUT2D eigenvalue weighted by Crippen LogP contribution is 2.24. The number of anilines is 1. The average Bonchev–Trinajstić information content (AvgIpc) is 3.24. The number of amides is 1. The van der Waals surface area contributed by atoms with Gasteiger partial charge in [0, 0.05) is 22.0 Å². The molecule has 0 spiro atoms. The van der Waals surface area contributed by atoms with Crippen molar-refractivity contribution in [2.45, 2.75) is 34.2 Å². The summed E-state index contributed by atoms with van der Waals surface area (Å²) in [7, 11) is 0. The molecule has 8 heteroatoms. The molecule has 33 heavy (non-hydrogen) atoms. The van der Waals surface area contributed by atoms with Gasteiger partial charge in [-0.05, 0) is 80.8 Å². The predicted molar refractivity (Wildman–Crippen MR) is 128 cm³/mol. The number of carbonyl (C=O) groups is 1. The van der Waals surface area contributed by atoms with E-state index in [9.17, 15) is 9.59 Å². The minimum Gasteiger partial charge on any atom is -0.333 e. The normalized spacial score (nSPS) is 10.9. The fourth-order valence-electron chi connectivity index (χ4n) is 3.63. The van der Waals surface area contributed by atoms with Crippen molar-refractivity contribution in [3.8, 4) is 22.8 Å². The summed E-state index contributed by atoms with van der Waals surface area (Å²) in [6, 6.07) is 14.7. The number of hydrogen-bond donors (Lipinski definition) is 1. The number of pyridine rings is 1. The van der Waals surface area contributed by atoms with Crippen molar-refractivity contribution in [2.75, 3.05) is 5.32 Å². The van der Waals surface area contributed by atoms with Crippen molar-refractivity contribution >= 4 is 23.2 Å². The summed E-state index contributed by atoms with van der Waals surface area (Å²) in [5.41, 5.74) is 4.68. The fraction of sp³-hybridized carbons (Fsp3) is 0.200. The largest absolute Gasteiger partial charge is 0.333 e. The van der Waals surface area contributed by atoms with Gasteiger partial charge in [0.2, 0.25) is 11.7 Å². The highest BCUT2D eigenvalue weighted by Gasteiger charge is 2.20. The maximum Gasteiger partial charge on any atom is 0.264 e. The molecule has 2 aromatic heterocycles. The van der Waals surface area contributed by atoms with Gasteiger partial charge in [-0.15, -0.1) is 0 Å². The molecule has 168 valence electrons. The van der Waals surface area contributed by atoms with Gasteiger partial charge in [0.15, 0.2) is 0 Å². The number of halogens is 1. The Morgan fingerprint density at radius 1 is 1.03 bits per heavy atom. The molecule has 7 nitrogen and oxygen atoms in total. The first-order valence-electron chi connectivity index (χ1n) is 10.4. The summed E-state index contributed by atoms with van der Waals surface area (Å²) in [6.45, 7) is 7.33. The Morgan fingerprint density at radius 3 is 2.48 bits per heavy atom. The summed E-state index contributed by atoms with van der Waals surface area (Å²) >= 11 is 5.94. The number of nitrogens with one attached hydrogen (secondary N) is 1.